The molecule has 0 aromatic carbocycles. The van der Waals surface area contributed by atoms with Crippen LogP contribution in [0.1, 0.15) is 20.3 Å². The van der Waals surface area contributed by atoms with Gasteiger partial charge in [0.1, 0.15) is 0 Å². The standard InChI is InChI=1S/C4H11B3N3/c1-3-4(2)10-6-8-5-9-7-10/h4,8-9H,3H2,1-2H3. The van der Waals surface area contributed by atoms with Crippen LogP contribution in [0.15, 0.2) is 0 Å². The van der Waals surface area contributed by atoms with Crippen LogP contribution in [0.25, 0.3) is 0 Å². The van der Waals surface area contributed by atoms with E-state index >= 15 is 0 Å². The molecule has 0 aromatic rings. The van der Waals surface area contributed by atoms with Crippen LogP contribution < -0.4 is 10.3 Å². The molecule has 6 heteroatoms. The largest absolute Gasteiger partial charge is 0.379 e. The van der Waals surface area contributed by atoms with Gasteiger partial charge in [-0.25, -0.2) is 0 Å². The molecule has 10 heavy (non-hydrogen) atoms. The van der Waals surface area contributed by atoms with E-state index in [4.69, 9.17) is 0 Å². The SMILES string of the molecule is CCC(C)N1[B]N[B]N[B]1. The van der Waals surface area contributed by atoms with Crippen LogP contribution in [0, 0.1) is 0 Å². The molecule has 0 saturated carbocycles. The predicted molar refractivity (Wildman–Crippen MR) is 45.1 cm³/mol. The lowest BCUT2D eigenvalue weighted by atomic mass is 9.79. The molecular formula is C4H11B3N3. The quantitative estimate of drug-likeness (QED) is 0.468. The highest BCUT2D eigenvalue weighted by molar-refractivity contribution is 6.65. The molecule has 0 aliphatic carbocycles. The van der Waals surface area contributed by atoms with Gasteiger partial charge in [-0.3, -0.25) is 0 Å². The monoisotopic (exact) mass is 134 g/mol. The van der Waals surface area contributed by atoms with Crippen LogP contribution in [0.4, 0.5) is 0 Å². The lowest BCUT2D eigenvalue weighted by molar-refractivity contribution is 0.484. The van der Waals surface area contributed by atoms with Crippen LogP contribution in [0.5, 0.6) is 0 Å². The van der Waals surface area contributed by atoms with E-state index in [0.717, 1.165) is 6.42 Å². The van der Waals surface area contributed by atoms with E-state index in [0.29, 0.717) is 6.04 Å². The van der Waals surface area contributed by atoms with Crippen LogP contribution in [-0.4, -0.2) is 33.4 Å². The lowest BCUT2D eigenvalue weighted by Gasteiger charge is -2.30. The predicted octanol–water partition coefficient (Wildman–Crippen LogP) is -1.12. The summed E-state index contributed by atoms with van der Waals surface area (Å²) in [6, 6.07) is 0.564. The second-order valence-corrected chi connectivity index (χ2v) is 2.44. The summed E-state index contributed by atoms with van der Waals surface area (Å²) in [7, 11) is 5.69. The van der Waals surface area contributed by atoms with Gasteiger partial charge in [0.05, 0.1) is 0 Å². The molecule has 3 radical (unpaired) electrons. The molecule has 1 aliphatic heterocycles. The van der Waals surface area contributed by atoms with Gasteiger partial charge in [-0.05, 0) is 12.5 Å². The first kappa shape index (κ1) is 8.17. The zero-order chi connectivity index (χ0) is 7.40. The highest BCUT2D eigenvalue weighted by atomic mass is 15.1. The second-order valence-electron chi connectivity index (χ2n) is 2.44. The van der Waals surface area contributed by atoms with Crippen molar-refractivity contribution in [3.05, 3.63) is 0 Å². The molecule has 2 N–H and O–H groups in total. The molecule has 3 nitrogen and oxygen atoms in total. The van der Waals surface area contributed by atoms with Gasteiger partial charge in [0.2, 0.25) is 0 Å². The molecule has 1 atom stereocenters. The third kappa shape index (κ3) is 2.04. The van der Waals surface area contributed by atoms with Crippen molar-refractivity contribution < 1.29 is 0 Å². The number of hydrogen-bond acceptors (Lipinski definition) is 3. The second kappa shape index (κ2) is 4.06. The van der Waals surface area contributed by atoms with Gasteiger partial charge in [-0.1, -0.05) is 13.8 Å². The Kier molecular flexibility index (Phi) is 3.32. The van der Waals surface area contributed by atoms with E-state index in [9.17, 15) is 0 Å². The topological polar surface area (TPSA) is 27.3 Å². The Balaban J connectivity index is 2.24. The minimum Gasteiger partial charge on any atom is -0.379 e. The van der Waals surface area contributed by atoms with E-state index in [1.807, 2.05) is 15.1 Å². The van der Waals surface area contributed by atoms with E-state index in [1.54, 1.807) is 7.55 Å². The molecular weight excluding hydrogens is 123 g/mol. The smallest absolute Gasteiger partial charge is 0.287 e. The molecule has 1 rings (SSSR count). The van der Waals surface area contributed by atoms with Crippen molar-refractivity contribution in [1.82, 2.24) is 15.0 Å². The Morgan fingerprint density at radius 3 is 2.50 bits per heavy atom. The fourth-order valence-corrected chi connectivity index (χ4v) is 0.797. The lowest BCUT2D eigenvalue weighted by Crippen LogP contribution is -2.60. The summed E-state index contributed by atoms with van der Waals surface area (Å²) in [5, 5.41) is 5.97. The summed E-state index contributed by atoms with van der Waals surface area (Å²) >= 11 is 0. The van der Waals surface area contributed by atoms with Crippen molar-refractivity contribution in [2.24, 2.45) is 0 Å². The van der Waals surface area contributed by atoms with Gasteiger partial charge in [0, 0.05) is 0 Å². The summed E-state index contributed by atoms with van der Waals surface area (Å²) in [6.07, 6.45) is 1.15. The normalized spacial score (nSPS) is 22.2. The summed E-state index contributed by atoms with van der Waals surface area (Å²) in [4.78, 5) is 0. The average Bonchev–Trinajstić information content (AvgIpc) is 2.05. The molecule has 1 saturated heterocycles. The zero-order valence-corrected chi connectivity index (χ0v) is 6.46. The summed E-state index contributed by atoms with van der Waals surface area (Å²) in [5.74, 6) is 0. The summed E-state index contributed by atoms with van der Waals surface area (Å²) < 4.78 is 2.11. The number of rotatable bonds is 2. The molecule has 1 aliphatic rings. The molecule has 0 amide bonds. The van der Waals surface area contributed by atoms with Gasteiger partial charge < -0.3 is 15.0 Å². The van der Waals surface area contributed by atoms with Gasteiger partial charge in [0.25, 0.3) is 22.6 Å². The molecule has 0 bridgehead atoms. The number of nitrogens with zero attached hydrogens (tertiary/aromatic N) is 1. The van der Waals surface area contributed by atoms with Gasteiger partial charge in [-0.2, -0.15) is 0 Å². The van der Waals surface area contributed by atoms with Crippen molar-refractivity contribution in [3.8, 4) is 0 Å². The maximum absolute atomic E-state index is 2.98. The highest BCUT2D eigenvalue weighted by Gasteiger charge is 2.17. The fraction of sp³-hybridized carbons (Fsp3) is 1.00. The highest BCUT2D eigenvalue weighted by Crippen LogP contribution is 1.98. The van der Waals surface area contributed by atoms with Crippen molar-refractivity contribution in [2.75, 3.05) is 0 Å². The van der Waals surface area contributed by atoms with Crippen LogP contribution in [-0.2, 0) is 0 Å². The van der Waals surface area contributed by atoms with Crippen molar-refractivity contribution in [1.29, 1.82) is 0 Å². The molecule has 1 unspecified atom stereocenters. The van der Waals surface area contributed by atoms with Gasteiger partial charge >= 0.3 is 0 Å². The Labute approximate surface area is 64.8 Å². The van der Waals surface area contributed by atoms with Crippen LogP contribution >= 0.6 is 0 Å². The zero-order valence-electron chi connectivity index (χ0n) is 6.46. The Hall–Kier alpha value is 0.0748. The number of nitrogens with one attached hydrogen (secondary N) is 2. The molecule has 0 aromatic heterocycles. The summed E-state index contributed by atoms with van der Waals surface area (Å²) in [5.41, 5.74) is 0. The Morgan fingerprint density at radius 2 is 2.00 bits per heavy atom. The Morgan fingerprint density at radius 1 is 1.40 bits per heavy atom. The van der Waals surface area contributed by atoms with E-state index in [1.165, 1.54) is 0 Å². The first-order valence-corrected chi connectivity index (χ1v) is 3.62. The minimum atomic E-state index is 0.564. The first-order chi connectivity index (χ1) is 4.84. The van der Waals surface area contributed by atoms with E-state index < -0.39 is 0 Å². The molecule has 0 spiro atoms. The van der Waals surface area contributed by atoms with Gasteiger partial charge in [0.15, 0.2) is 0 Å². The fourth-order valence-electron chi connectivity index (χ4n) is 0.797. The molecule has 1 heterocycles. The van der Waals surface area contributed by atoms with Gasteiger partial charge in [-0.15, -0.1) is 0 Å². The summed E-state index contributed by atoms with van der Waals surface area (Å²) in [6.45, 7) is 4.35. The van der Waals surface area contributed by atoms with Crippen molar-refractivity contribution in [3.63, 3.8) is 0 Å². The molecule has 1 fully saturated rings. The third-order valence-corrected chi connectivity index (χ3v) is 1.71. The Bertz CT molecular complexity index is 95.7. The van der Waals surface area contributed by atoms with Crippen molar-refractivity contribution >= 4 is 22.6 Å². The third-order valence-electron chi connectivity index (χ3n) is 1.71. The molecule has 51 valence electrons. The van der Waals surface area contributed by atoms with Crippen LogP contribution in [0.3, 0.4) is 0 Å². The minimum absolute atomic E-state index is 0.564. The van der Waals surface area contributed by atoms with Crippen molar-refractivity contribution in [2.45, 2.75) is 26.3 Å². The van der Waals surface area contributed by atoms with Crippen LogP contribution in [0.2, 0.25) is 0 Å². The average molecular weight is 134 g/mol. The maximum atomic E-state index is 2.98. The number of hydrogen-bond donors (Lipinski definition) is 2. The first-order valence-electron chi connectivity index (χ1n) is 3.62. The van der Waals surface area contributed by atoms with E-state index in [2.05, 4.69) is 28.8 Å². The maximum Gasteiger partial charge on any atom is 0.287 e. The van der Waals surface area contributed by atoms with E-state index in [-0.39, 0.29) is 0 Å².